The second-order valence-corrected chi connectivity index (χ2v) is 13.2. The van der Waals surface area contributed by atoms with Crippen LogP contribution in [-0.2, 0) is 25.5 Å². The Morgan fingerprint density at radius 3 is 1.96 bits per heavy atom. The van der Waals surface area contributed by atoms with Crippen LogP contribution in [0.1, 0.15) is 42.9 Å². The number of hydrogen-bond donors (Lipinski definition) is 1. The van der Waals surface area contributed by atoms with Crippen LogP contribution in [0.2, 0.25) is 0 Å². The summed E-state index contributed by atoms with van der Waals surface area (Å²) in [5, 5.41) is 3.97. The Kier molecular flexibility index (Phi) is 11.3. The molecule has 2 aromatic heterocycles. The third-order valence-electron chi connectivity index (χ3n) is 8.96. The van der Waals surface area contributed by atoms with E-state index in [0.717, 1.165) is 5.56 Å². The molecule has 1 aliphatic rings. The molecule has 0 saturated carbocycles. The second kappa shape index (κ2) is 16.8. The van der Waals surface area contributed by atoms with Gasteiger partial charge in [0.2, 0.25) is 0 Å². The van der Waals surface area contributed by atoms with Crippen molar-refractivity contribution in [1.29, 1.82) is 0 Å². The number of aromatic nitrogens is 3. The molecule has 4 aromatic carbocycles. The highest BCUT2D eigenvalue weighted by Crippen LogP contribution is 2.40. The summed E-state index contributed by atoms with van der Waals surface area (Å²) in [6.45, 7) is 0.0166. The molecule has 14 heteroatoms. The maximum absolute atomic E-state index is 13.7. The molecule has 0 spiro atoms. The van der Waals surface area contributed by atoms with E-state index in [9.17, 15) is 14.4 Å². The minimum Gasteiger partial charge on any atom is -0.497 e. The molecule has 4 atom stereocenters. The minimum absolute atomic E-state index is 0.269. The van der Waals surface area contributed by atoms with E-state index in [1.165, 1.54) is 6.33 Å². The first kappa shape index (κ1) is 37.1. The number of fused-ring (bicyclic) bond motifs is 1. The molecule has 1 N–H and O–H groups in total. The molecule has 0 bridgehead atoms. The van der Waals surface area contributed by atoms with Gasteiger partial charge in [0.05, 0.1) is 36.3 Å². The average Bonchev–Trinajstić information content (AvgIpc) is 3.75. The van der Waals surface area contributed by atoms with Crippen LogP contribution in [-0.4, -0.2) is 71.6 Å². The van der Waals surface area contributed by atoms with E-state index >= 15 is 0 Å². The molecular formula is C41H35BrN4O9. The molecule has 280 valence electrons. The van der Waals surface area contributed by atoms with Crippen LogP contribution >= 0.6 is 15.9 Å². The minimum atomic E-state index is -1.24. The lowest BCUT2D eigenvalue weighted by Crippen LogP contribution is -2.41. The summed E-state index contributed by atoms with van der Waals surface area (Å²) in [5.74, 6) is -0.190. The van der Waals surface area contributed by atoms with E-state index in [0.29, 0.717) is 44.9 Å². The maximum atomic E-state index is 13.7. The van der Waals surface area contributed by atoms with Gasteiger partial charge in [-0.05, 0) is 64.5 Å². The van der Waals surface area contributed by atoms with Crippen LogP contribution in [0.25, 0.3) is 11.0 Å². The number of carbonyl (C=O) groups is 3. The lowest BCUT2D eigenvalue weighted by atomic mass is 10.1. The fraction of sp³-hybridized carbons (Fsp3) is 0.195. The fourth-order valence-electron chi connectivity index (χ4n) is 6.23. The van der Waals surface area contributed by atoms with Gasteiger partial charge in [-0.15, -0.1) is 0 Å². The average molecular weight is 808 g/mol. The third-order valence-corrected chi connectivity index (χ3v) is 9.56. The van der Waals surface area contributed by atoms with Gasteiger partial charge in [0.1, 0.15) is 42.0 Å². The first-order chi connectivity index (χ1) is 26.8. The SMILES string of the molecule is COc1ccc(CNc2ncnc3c2c(Br)cn3[C@@H]2O[C@H](COC(=O)c3ccccc3)[C@@H](OC(=O)c3ccccc3)[C@H]2OC(=O)c2ccccc2)c(OC)c1. The Hall–Kier alpha value is -6.25. The standard InChI is InChI=1S/C41H35BrN4O9/c1-50-29-19-18-28(31(20-29)51-2)21-43-36-33-30(42)22-46(37(33)45-24-44-36)38-35(55-41(49)27-16-10-5-11-17-27)34(54-40(48)26-14-8-4-9-15-26)32(53-38)23-52-39(47)25-12-6-3-7-13-25/h3-20,22,24,32,34-35,38H,21,23H2,1-2H3,(H,43,44,45)/t32-,34-,35-,38-/m1/s1. The van der Waals surface area contributed by atoms with E-state index < -0.39 is 42.4 Å². The molecule has 6 aromatic rings. The number of halogens is 1. The fourth-order valence-corrected chi connectivity index (χ4v) is 6.81. The number of anilines is 1. The largest absolute Gasteiger partial charge is 0.497 e. The van der Waals surface area contributed by atoms with Gasteiger partial charge in [0.15, 0.2) is 18.4 Å². The molecule has 1 fully saturated rings. The Morgan fingerprint density at radius 2 is 1.36 bits per heavy atom. The number of rotatable bonds is 13. The Labute approximate surface area is 324 Å². The highest BCUT2D eigenvalue weighted by atomic mass is 79.9. The number of methoxy groups -OCH3 is 2. The number of ether oxygens (including phenoxy) is 6. The van der Waals surface area contributed by atoms with Crippen LogP contribution in [0.15, 0.2) is 126 Å². The van der Waals surface area contributed by atoms with Gasteiger partial charge in [-0.3, -0.25) is 0 Å². The number of nitrogens with one attached hydrogen (secondary N) is 1. The topological polar surface area (TPSA) is 149 Å². The van der Waals surface area contributed by atoms with Gasteiger partial charge in [-0.25, -0.2) is 24.4 Å². The van der Waals surface area contributed by atoms with Gasteiger partial charge in [-0.1, -0.05) is 54.6 Å². The summed E-state index contributed by atoms with van der Waals surface area (Å²) < 4.78 is 37.7. The first-order valence-electron chi connectivity index (χ1n) is 17.2. The molecule has 55 heavy (non-hydrogen) atoms. The normalized spacial score (nSPS) is 17.7. The van der Waals surface area contributed by atoms with E-state index in [4.69, 9.17) is 28.4 Å². The zero-order chi connectivity index (χ0) is 38.3. The quantitative estimate of drug-likeness (QED) is 0.0944. The van der Waals surface area contributed by atoms with Crippen molar-refractivity contribution in [1.82, 2.24) is 14.5 Å². The molecule has 7 rings (SSSR count). The Bertz CT molecular complexity index is 2290. The first-order valence-corrected chi connectivity index (χ1v) is 18.0. The van der Waals surface area contributed by atoms with Crippen molar-refractivity contribution in [2.75, 3.05) is 26.1 Å². The Morgan fingerprint density at radius 1 is 0.764 bits per heavy atom. The number of carbonyl (C=O) groups excluding carboxylic acids is 3. The van der Waals surface area contributed by atoms with E-state index in [-0.39, 0.29) is 17.7 Å². The zero-order valence-corrected chi connectivity index (χ0v) is 31.3. The van der Waals surface area contributed by atoms with Crippen LogP contribution in [0.3, 0.4) is 0 Å². The summed E-state index contributed by atoms with van der Waals surface area (Å²) in [7, 11) is 3.17. The molecule has 0 aliphatic carbocycles. The van der Waals surface area contributed by atoms with Crippen molar-refractivity contribution in [3.8, 4) is 11.5 Å². The number of benzene rings is 4. The predicted molar refractivity (Wildman–Crippen MR) is 204 cm³/mol. The Balaban J connectivity index is 1.25. The highest BCUT2D eigenvalue weighted by molar-refractivity contribution is 9.10. The van der Waals surface area contributed by atoms with Gasteiger partial charge >= 0.3 is 17.9 Å². The zero-order valence-electron chi connectivity index (χ0n) is 29.7. The van der Waals surface area contributed by atoms with Crippen molar-refractivity contribution in [3.05, 3.63) is 148 Å². The summed E-state index contributed by atoms with van der Waals surface area (Å²) in [5.41, 5.74) is 2.13. The van der Waals surface area contributed by atoms with Crippen LogP contribution < -0.4 is 14.8 Å². The van der Waals surface area contributed by atoms with Gasteiger partial charge in [0, 0.05) is 28.8 Å². The third kappa shape index (κ3) is 8.15. The molecule has 0 unspecified atom stereocenters. The lowest BCUT2D eigenvalue weighted by molar-refractivity contribution is -0.0604. The van der Waals surface area contributed by atoms with Crippen molar-refractivity contribution in [3.63, 3.8) is 0 Å². The maximum Gasteiger partial charge on any atom is 0.338 e. The summed E-state index contributed by atoms with van der Waals surface area (Å²) in [4.78, 5) is 49.5. The summed E-state index contributed by atoms with van der Waals surface area (Å²) >= 11 is 3.67. The predicted octanol–water partition coefficient (Wildman–Crippen LogP) is 7.03. The van der Waals surface area contributed by atoms with Crippen molar-refractivity contribution in [2.45, 2.75) is 31.1 Å². The molecule has 13 nitrogen and oxygen atoms in total. The number of esters is 3. The van der Waals surface area contributed by atoms with Crippen LogP contribution in [0, 0.1) is 0 Å². The molecule has 1 aliphatic heterocycles. The van der Waals surface area contributed by atoms with Gasteiger partial charge in [0.25, 0.3) is 0 Å². The smallest absolute Gasteiger partial charge is 0.338 e. The molecule has 1 saturated heterocycles. The van der Waals surface area contributed by atoms with Crippen LogP contribution in [0.5, 0.6) is 11.5 Å². The van der Waals surface area contributed by atoms with Crippen LogP contribution in [0.4, 0.5) is 5.82 Å². The highest BCUT2D eigenvalue weighted by Gasteiger charge is 2.52. The molecule has 0 amide bonds. The van der Waals surface area contributed by atoms with E-state index in [1.807, 2.05) is 12.1 Å². The second-order valence-electron chi connectivity index (χ2n) is 12.3. The van der Waals surface area contributed by atoms with Crippen molar-refractivity contribution < 1.29 is 42.8 Å². The van der Waals surface area contributed by atoms with E-state index in [1.54, 1.807) is 122 Å². The number of hydrogen-bond acceptors (Lipinski definition) is 12. The molecular weight excluding hydrogens is 772 g/mol. The molecule has 0 radical (unpaired) electrons. The summed E-state index contributed by atoms with van der Waals surface area (Å²) in [6.07, 6.45) is -1.53. The molecule has 3 heterocycles. The van der Waals surface area contributed by atoms with E-state index in [2.05, 4.69) is 31.2 Å². The van der Waals surface area contributed by atoms with Gasteiger partial charge < -0.3 is 38.3 Å². The monoisotopic (exact) mass is 806 g/mol. The van der Waals surface area contributed by atoms with Crippen molar-refractivity contribution >= 4 is 50.7 Å². The lowest BCUT2D eigenvalue weighted by Gasteiger charge is -2.25. The van der Waals surface area contributed by atoms with Gasteiger partial charge in [-0.2, -0.15) is 0 Å². The van der Waals surface area contributed by atoms with Crippen molar-refractivity contribution in [2.24, 2.45) is 0 Å². The number of nitrogens with zero attached hydrogens (tertiary/aromatic N) is 3. The summed E-state index contributed by atoms with van der Waals surface area (Å²) in [6, 6.07) is 30.8.